The van der Waals surface area contributed by atoms with Gasteiger partial charge in [0.15, 0.2) is 11.7 Å². The maximum absolute atomic E-state index is 13.9. The van der Waals surface area contributed by atoms with Crippen LogP contribution in [0.2, 0.25) is 0 Å². The number of carbonyl (C=O) groups is 1. The highest BCUT2D eigenvalue weighted by Crippen LogP contribution is 2.24. The summed E-state index contributed by atoms with van der Waals surface area (Å²) >= 11 is 0. The first-order valence-electron chi connectivity index (χ1n) is 10.6. The van der Waals surface area contributed by atoms with Gasteiger partial charge in [-0.05, 0) is 36.2 Å². The number of hydrogen-bond acceptors (Lipinski definition) is 4. The average molecular weight is 443 g/mol. The number of nitrogens with zero attached hydrogens (tertiary/aromatic N) is 3. The molecule has 0 radical (unpaired) electrons. The van der Waals surface area contributed by atoms with E-state index >= 15 is 0 Å². The van der Waals surface area contributed by atoms with E-state index in [0.29, 0.717) is 25.4 Å². The third-order valence-corrected chi connectivity index (χ3v) is 5.56. The molecule has 1 aliphatic heterocycles. The lowest BCUT2D eigenvalue weighted by Crippen LogP contribution is -2.35. The van der Waals surface area contributed by atoms with E-state index in [1.165, 1.54) is 24.4 Å². The van der Waals surface area contributed by atoms with Crippen molar-refractivity contribution in [1.29, 1.82) is 0 Å². The Kier molecular flexibility index (Phi) is 6.90. The van der Waals surface area contributed by atoms with E-state index in [4.69, 9.17) is 4.42 Å². The normalized spacial score (nSPS) is 15.0. The Morgan fingerprint density at radius 2 is 1.75 bits per heavy atom. The van der Waals surface area contributed by atoms with Crippen molar-refractivity contribution in [2.45, 2.75) is 25.8 Å². The van der Waals surface area contributed by atoms with Crippen molar-refractivity contribution in [2.24, 2.45) is 0 Å². The minimum absolute atomic E-state index is 0.0151. The molecular weight excluding hydrogens is 419 g/mol. The SMILES string of the molecule is O=C(CCc1ncc(-c2ccc(F)cc2F)o1)N1CCCN(Cc2ccc(F)cc2)CC1. The van der Waals surface area contributed by atoms with Gasteiger partial charge in [0.25, 0.3) is 0 Å². The van der Waals surface area contributed by atoms with Crippen LogP contribution >= 0.6 is 0 Å². The van der Waals surface area contributed by atoms with Crippen LogP contribution < -0.4 is 0 Å². The third kappa shape index (κ3) is 5.56. The van der Waals surface area contributed by atoms with Crippen molar-refractivity contribution in [3.05, 3.63) is 77.6 Å². The van der Waals surface area contributed by atoms with E-state index in [1.807, 2.05) is 4.90 Å². The van der Waals surface area contributed by atoms with Crippen LogP contribution in [0.3, 0.4) is 0 Å². The van der Waals surface area contributed by atoms with Gasteiger partial charge in [-0.1, -0.05) is 12.1 Å². The molecule has 1 aliphatic rings. The van der Waals surface area contributed by atoms with E-state index in [2.05, 4.69) is 9.88 Å². The molecule has 2 heterocycles. The first kappa shape index (κ1) is 22.1. The van der Waals surface area contributed by atoms with Gasteiger partial charge < -0.3 is 9.32 Å². The predicted molar refractivity (Wildman–Crippen MR) is 113 cm³/mol. The molecule has 8 heteroatoms. The quantitative estimate of drug-likeness (QED) is 0.566. The van der Waals surface area contributed by atoms with Crippen LogP contribution in [0.5, 0.6) is 0 Å². The van der Waals surface area contributed by atoms with E-state index in [-0.39, 0.29) is 29.5 Å². The van der Waals surface area contributed by atoms with Crippen LogP contribution in [0.25, 0.3) is 11.3 Å². The van der Waals surface area contributed by atoms with Gasteiger partial charge in [-0.25, -0.2) is 18.2 Å². The molecule has 1 aromatic heterocycles. The van der Waals surface area contributed by atoms with Crippen molar-refractivity contribution in [3.63, 3.8) is 0 Å². The van der Waals surface area contributed by atoms with Gasteiger partial charge in [0.2, 0.25) is 5.91 Å². The summed E-state index contributed by atoms with van der Waals surface area (Å²) in [5, 5.41) is 0. The molecule has 5 nitrogen and oxygen atoms in total. The molecular formula is C24H24F3N3O2. The molecule has 0 saturated carbocycles. The Labute approximate surface area is 184 Å². The van der Waals surface area contributed by atoms with Crippen molar-refractivity contribution in [1.82, 2.24) is 14.8 Å². The Morgan fingerprint density at radius 3 is 2.53 bits per heavy atom. The molecule has 2 aromatic carbocycles. The number of halogens is 3. The van der Waals surface area contributed by atoms with Crippen LogP contribution in [-0.2, 0) is 17.8 Å². The minimum atomic E-state index is -0.724. The molecule has 0 N–H and O–H groups in total. The highest BCUT2D eigenvalue weighted by atomic mass is 19.1. The first-order chi connectivity index (χ1) is 15.5. The minimum Gasteiger partial charge on any atom is -0.441 e. The molecule has 0 unspecified atom stereocenters. The monoisotopic (exact) mass is 443 g/mol. The second kappa shape index (κ2) is 9.99. The number of aromatic nitrogens is 1. The van der Waals surface area contributed by atoms with Crippen LogP contribution in [0.4, 0.5) is 13.2 Å². The lowest BCUT2D eigenvalue weighted by atomic mass is 10.2. The molecule has 0 bridgehead atoms. The number of benzene rings is 2. The smallest absolute Gasteiger partial charge is 0.223 e. The number of carbonyl (C=O) groups excluding carboxylic acids is 1. The fourth-order valence-electron chi connectivity index (χ4n) is 3.84. The summed E-state index contributed by atoms with van der Waals surface area (Å²) in [7, 11) is 0. The molecule has 168 valence electrons. The molecule has 0 atom stereocenters. The number of aryl methyl sites for hydroxylation is 1. The summed E-state index contributed by atoms with van der Waals surface area (Å²) in [4.78, 5) is 20.9. The molecule has 0 spiro atoms. The van der Waals surface area contributed by atoms with Gasteiger partial charge in [0.05, 0.1) is 11.8 Å². The summed E-state index contributed by atoms with van der Waals surface area (Å²) in [5.74, 6) is -1.08. The van der Waals surface area contributed by atoms with Crippen LogP contribution in [0.15, 0.2) is 53.1 Å². The fourth-order valence-corrected chi connectivity index (χ4v) is 3.84. The lowest BCUT2D eigenvalue weighted by Gasteiger charge is -2.22. The maximum atomic E-state index is 13.9. The standard InChI is InChI=1S/C24H24F3N3O2/c25-18-4-2-17(3-5-18)16-29-10-1-11-30(13-12-29)24(31)9-8-23-28-15-22(32-23)20-7-6-19(26)14-21(20)27/h2-7,14-15H,1,8-13,16H2. The molecule has 4 rings (SSSR count). The zero-order chi connectivity index (χ0) is 22.5. The number of hydrogen-bond donors (Lipinski definition) is 0. The Hall–Kier alpha value is -3.13. The molecule has 32 heavy (non-hydrogen) atoms. The van der Waals surface area contributed by atoms with Gasteiger partial charge in [0, 0.05) is 51.6 Å². The summed E-state index contributed by atoms with van der Waals surface area (Å²) in [6.07, 6.45) is 2.79. The van der Waals surface area contributed by atoms with Crippen LogP contribution in [-0.4, -0.2) is 46.9 Å². The Balaban J connectivity index is 1.28. The number of amides is 1. The topological polar surface area (TPSA) is 49.6 Å². The van der Waals surface area contributed by atoms with E-state index < -0.39 is 11.6 Å². The van der Waals surface area contributed by atoms with Crippen LogP contribution in [0.1, 0.15) is 24.3 Å². The lowest BCUT2D eigenvalue weighted by molar-refractivity contribution is -0.131. The zero-order valence-electron chi connectivity index (χ0n) is 17.6. The van der Waals surface area contributed by atoms with E-state index in [1.54, 1.807) is 12.1 Å². The van der Waals surface area contributed by atoms with Gasteiger partial charge in [-0.15, -0.1) is 0 Å². The van der Waals surface area contributed by atoms with Crippen LogP contribution in [0, 0.1) is 17.5 Å². The second-order valence-corrected chi connectivity index (χ2v) is 7.88. The fraction of sp³-hybridized carbons (Fsp3) is 0.333. The highest BCUT2D eigenvalue weighted by molar-refractivity contribution is 5.76. The highest BCUT2D eigenvalue weighted by Gasteiger charge is 2.20. The van der Waals surface area contributed by atoms with Crippen molar-refractivity contribution in [2.75, 3.05) is 26.2 Å². The van der Waals surface area contributed by atoms with E-state index in [0.717, 1.165) is 43.8 Å². The zero-order valence-corrected chi connectivity index (χ0v) is 17.6. The summed E-state index contributed by atoms with van der Waals surface area (Å²) in [6, 6.07) is 9.73. The second-order valence-electron chi connectivity index (χ2n) is 7.88. The molecule has 1 saturated heterocycles. The van der Waals surface area contributed by atoms with Crippen molar-refractivity contribution in [3.8, 4) is 11.3 Å². The van der Waals surface area contributed by atoms with Gasteiger partial charge in [0.1, 0.15) is 17.5 Å². The summed E-state index contributed by atoms with van der Waals surface area (Å²) in [6.45, 7) is 3.64. The number of rotatable bonds is 6. The number of oxazole rings is 1. The van der Waals surface area contributed by atoms with E-state index in [9.17, 15) is 18.0 Å². The molecule has 1 fully saturated rings. The summed E-state index contributed by atoms with van der Waals surface area (Å²) in [5.41, 5.74) is 1.17. The molecule has 1 amide bonds. The first-order valence-corrected chi connectivity index (χ1v) is 10.6. The predicted octanol–water partition coefficient (Wildman–Crippen LogP) is 4.43. The third-order valence-electron chi connectivity index (χ3n) is 5.56. The maximum Gasteiger partial charge on any atom is 0.223 e. The van der Waals surface area contributed by atoms with Gasteiger partial charge in [-0.2, -0.15) is 0 Å². The average Bonchev–Trinajstić information content (AvgIpc) is 3.11. The van der Waals surface area contributed by atoms with Gasteiger partial charge >= 0.3 is 0 Å². The van der Waals surface area contributed by atoms with Gasteiger partial charge in [-0.3, -0.25) is 9.69 Å². The summed E-state index contributed by atoms with van der Waals surface area (Å²) < 4.78 is 45.7. The molecule has 3 aromatic rings. The molecule has 0 aliphatic carbocycles. The Morgan fingerprint density at radius 1 is 0.969 bits per heavy atom. The Bertz CT molecular complexity index is 1070. The largest absolute Gasteiger partial charge is 0.441 e. The van der Waals surface area contributed by atoms with Crippen molar-refractivity contribution < 1.29 is 22.4 Å². The van der Waals surface area contributed by atoms with Crippen molar-refractivity contribution >= 4 is 5.91 Å².